The van der Waals surface area contributed by atoms with Crippen LogP contribution in [0.1, 0.15) is 0 Å². The Kier molecular flexibility index (Phi) is 3.53. The second-order valence-corrected chi connectivity index (χ2v) is 4.91. The number of hydrogen-bond donors (Lipinski definition) is 3. The average Bonchev–Trinajstić information content (AvgIpc) is 2.66. The summed E-state index contributed by atoms with van der Waals surface area (Å²) in [5, 5.41) is 2.62. The van der Waals surface area contributed by atoms with Gasteiger partial charge >= 0.3 is 0 Å². The van der Waals surface area contributed by atoms with Crippen molar-refractivity contribution >= 4 is 45.9 Å². The summed E-state index contributed by atoms with van der Waals surface area (Å²) in [5.41, 5.74) is 12.1. The Morgan fingerprint density at radius 3 is 2.94 bits per heavy atom. The van der Waals surface area contributed by atoms with Crippen molar-refractivity contribution in [1.82, 2.24) is 9.97 Å². The van der Waals surface area contributed by atoms with E-state index in [4.69, 9.17) is 16.2 Å². The summed E-state index contributed by atoms with van der Waals surface area (Å²) in [6, 6.07) is 1.81. The van der Waals surface area contributed by atoms with Crippen LogP contribution in [0.25, 0.3) is 23.3 Å². The third kappa shape index (κ3) is 2.22. The molecule has 2 aromatic heterocycles. The molecular weight excluding hydrogens is 331 g/mol. The number of halogens is 1. The van der Waals surface area contributed by atoms with Gasteiger partial charge in [-0.3, -0.25) is 0 Å². The lowest BCUT2D eigenvalue weighted by molar-refractivity contribution is 0.419. The Bertz CT molecular complexity index is 647. The second kappa shape index (κ2) is 4.92. The van der Waals surface area contributed by atoms with Crippen LogP contribution in [0, 0.1) is 0 Å². The van der Waals surface area contributed by atoms with Crippen molar-refractivity contribution in [3.8, 4) is 5.75 Å². The number of alkyl halides is 1. The van der Waals surface area contributed by atoms with E-state index in [0.29, 0.717) is 0 Å². The monoisotopic (exact) mass is 344 g/mol. The zero-order valence-corrected chi connectivity index (χ0v) is 11.4. The molecule has 0 radical (unpaired) electrons. The van der Waals surface area contributed by atoms with Crippen LogP contribution in [0.4, 0.5) is 0 Å². The normalized spacial score (nSPS) is 15.5. The van der Waals surface area contributed by atoms with Gasteiger partial charge in [-0.15, -0.1) is 0 Å². The molecule has 0 saturated heterocycles. The van der Waals surface area contributed by atoms with Crippen molar-refractivity contribution < 1.29 is 4.74 Å². The molecule has 0 aromatic carbocycles. The molecule has 0 saturated carbocycles. The molecule has 90 valence electrons. The SMILES string of the molecule is COc1ccnc2[nH]c(=C/N)/c(=C\C(N)I)c12. The van der Waals surface area contributed by atoms with E-state index in [-0.39, 0.29) is 4.05 Å². The van der Waals surface area contributed by atoms with Crippen LogP contribution in [0.5, 0.6) is 5.75 Å². The molecule has 0 fully saturated rings. The van der Waals surface area contributed by atoms with Crippen LogP contribution in [-0.2, 0) is 0 Å². The molecule has 2 aromatic rings. The first kappa shape index (κ1) is 12.2. The third-order valence-corrected chi connectivity index (χ3v) is 2.80. The van der Waals surface area contributed by atoms with Crippen LogP contribution >= 0.6 is 22.6 Å². The van der Waals surface area contributed by atoms with Gasteiger partial charge in [0, 0.05) is 17.6 Å². The summed E-state index contributed by atoms with van der Waals surface area (Å²) in [6.45, 7) is 0. The topological polar surface area (TPSA) is 89.9 Å². The standard InChI is InChI=1S/C11H13IN4O/c1-17-8-2-3-15-11-10(8)6(4-9(12)14)7(5-13)16-11/h2-5,9H,13-14H2,1H3,(H,15,16)/b6-4+,7-5+. The molecule has 17 heavy (non-hydrogen) atoms. The molecule has 0 aliphatic heterocycles. The molecule has 1 unspecified atom stereocenters. The summed E-state index contributed by atoms with van der Waals surface area (Å²) in [7, 11) is 1.63. The van der Waals surface area contributed by atoms with E-state index in [1.807, 2.05) is 12.1 Å². The number of rotatable bonds is 2. The number of aromatic nitrogens is 2. The lowest BCUT2D eigenvalue weighted by atomic mass is 10.2. The quantitative estimate of drug-likeness (QED) is 0.399. The first-order valence-electron chi connectivity index (χ1n) is 5.01. The van der Waals surface area contributed by atoms with E-state index < -0.39 is 0 Å². The molecule has 6 heteroatoms. The van der Waals surface area contributed by atoms with Gasteiger partial charge in [0.05, 0.1) is 21.9 Å². The molecule has 0 spiro atoms. The summed E-state index contributed by atoms with van der Waals surface area (Å²) in [4.78, 5) is 7.38. The highest BCUT2D eigenvalue weighted by molar-refractivity contribution is 14.1. The van der Waals surface area contributed by atoms with Gasteiger partial charge in [0.15, 0.2) is 0 Å². The maximum atomic E-state index is 5.79. The Hall–Kier alpha value is -1.28. The summed E-state index contributed by atoms with van der Waals surface area (Å²) >= 11 is 2.13. The molecule has 0 bridgehead atoms. The maximum absolute atomic E-state index is 5.79. The van der Waals surface area contributed by atoms with Crippen LogP contribution in [0.3, 0.4) is 0 Å². The first-order chi connectivity index (χ1) is 8.17. The molecule has 0 amide bonds. The van der Waals surface area contributed by atoms with E-state index >= 15 is 0 Å². The van der Waals surface area contributed by atoms with Gasteiger partial charge in [-0.25, -0.2) is 4.98 Å². The minimum absolute atomic E-state index is 0.102. The number of pyridine rings is 1. The molecular formula is C11H13IN4O. The number of aromatic amines is 1. The summed E-state index contributed by atoms with van der Waals surface area (Å²) in [6.07, 6.45) is 5.11. The third-order valence-electron chi connectivity index (χ3n) is 2.44. The first-order valence-corrected chi connectivity index (χ1v) is 6.26. The molecule has 2 heterocycles. The minimum Gasteiger partial charge on any atom is -0.496 e. The number of fused-ring (bicyclic) bond motifs is 1. The molecule has 5 nitrogen and oxygen atoms in total. The van der Waals surface area contributed by atoms with Crippen molar-refractivity contribution in [2.75, 3.05) is 7.11 Å². The number of hydrogen-bond acceptors (Lipinski definition) is 4. The molecule has 0 aliphatic rings. The highest BCUT2D eigenvalue weighted by atomic mass is 127. The van der Waals surface area contributed by atoms with Gasteiger partial charge in [0.25, 0.3) is 0 Å². The van der Waals surface area contributed by atoms with Gasteiger partial charge in [-0.2, -0.15) is 0 Å². The molecule has 2 rings (SSSR count). The predicted octanol–water partition coefficient (Wildman–Crippen LogP) is -0.231. The number of nitrogens with two attached hydrogens (primary N) is 2. The van der Waals surface area contributed by atoms with E-state index in [9.17, 15) is 0 Å². The van der Waals surface area contributed by atoms with E-state index in [2.05, 4.69) is 32.6 Å². The van der Waals surface area contributed by atoms with Crippen LogP contribution in [0.15, 0.2) is 12.3 Å². The molecule has 1 atom stereocenters. The number of nitrogens with one attached hydrogen (secondary N) is 1. The van der Waals surface area contributed by atoms with Crippen molar-refractivity contribution in [2.45, 2.75) is 4.05 Å². The molecule has 5 N–H and O–H groups in total. The average molecular weight is 344 g/mol. The van der Waals surface area contributed by atoms with Crippen LogP contribution < -0.4 is 26.8 Å². The lowest BCUT2D eigenvalue weighted by Gasteiger charge is -2.00. The van der Waals surface area contributed by atoms with Crippen molar-refractivity contribution in [3.63, 3.8) is 0 Å². The molecule has 0 aliphatic carbocycles. The fraction of sp³-hybridized carbons (Fsp3) is 0.182. The Balaban J connectivity index is 2.97. The number of ether oxygens (including phenoxy) is 1. The van der Waals surface area contributed by atoms with E-state index in [1.165, 1.54) is 6.20 Å². The van der Waals surface area contributed by atoms with Crippen molar-refractivity contribution in [1.29, 1.82) is 0 Å². The second-order valence-electron chi connectivity index (χ2n) is 3.47. The Morgan fingerprint density at radius 2 is 2.35 bits per heavy atom. The van der Waals surface area contributed by atoms with Crippen molar-refractivity contribution in [3.05, 3.63) is 22.8 Å². The zero-order valence-electron chi connectivity index (χ0n) is 9.27. The number of nitrogens with zero attached hydrogens (tertiary/aromatic N) is 1. The van der Waals surface area contributed by atoms with Crippen molar-refractivity contribution in [2.24, 2.45) is 11.5 Å². The Morgan fingerprint density at radius 1 is 1.59 bits per heavy atom. The van der Waals surface area contributed by atoms with Gasteiger partial charge in [0.2, 0.25) is 0 Å². The highest BCUT2D eigenvalue weighted by Crippen LogP contribution is 2.17. The summed E-state index contributed by atoms with van der Waals surface area (Å²) < 4.78 is 5.23. The number of H-pyrrole nitrogens is 1. The minimum atomic E-state index is -0.102. The van der Waals surface area contributed by atoms with Gasteiger partial charge in [0.1, 0.15) is 11.4 Å². The van der Waals surface area contributed by atoms with Gasteiger partial charge in [-0.1, -0.05) is 22.6 Å². The smallest absolute Gasteiger partial charge is 0.142 e. The fourth-order valence-corrected chi connectivity index (χ4v) is 2.12. The van der Waals surface area contributed by atoms with E-state index in [0.717, 1.165) is 27.4 Å². The Labute approximate surface area is 112 Å². The van der Waals surface area contributed by atoms with Crippen LogP contribution in [0.2, 0.25) is 0 Å². The lowest BCUT2D eigenvalue weighted by Crippen LogP contribution is -2.27. The zero-order chi connectivity index (χ0) is 12.4. The maximum Gasteiger partial charge on any atom is 0.142 e. The summed E-state index contributed by atoms with van der Waals surface area (Å²) in [5.74, 6) is 0.752. The predicted molar refractivity (Wildman–Crippen MR) is 77.0 cm³/mol. The van der Waals surface area contributed by atoms with Crippen LogP contribution in [-0.4, -0.2) is 21.1 Å². The highest BCUT2D eigenvalue weighted by Gasteiger charge is 2.07. The van der Waals surface area contributed by atoms with E-state index in [1.54, 1.807) is 13.3 Å². The number of methoxy groups -OCH3 is 1. The largest absolute Gasteiger partial charge is 0.496 e. The van der Waals surface area contributed by atoms with Gasteiger partial charge in [-0.05, 0) is 12.1 Å². The fourth-order valence-electron chi connectivity index (χ4n) is 1.76. The van der Waals surface area contributed by atoms with Gasteiger partial charge < -0.3 is 21.2 Å².